The first-order chi connectivity index (χ1) is 12.1. The van der Waals surface area contributed by atoms with Gasteiger partial charge in [-0.05, 0) is 42.4 Å². The number of fused-ring (bicyclic) bond motifs is 1. The van der Waals surface area contributed by atoms with E-state index < -0.39 is 0 Å². The smallest absolute Gasteiger partial charge is 0.269 e. The molecule has 0 aromatic heterocycles. The van der Waals surface area contributed by atoms with Gasteiger partial charge in [-0.2, -0.15) is 0 Å². The summed E-state index contributed by atoms with van der Waals surface area (Å²) < 4.78 is 0. The maximum Gasteiger partial charge on any atom is 0.269 e. The summed E-state index contributed by atoms with van der Waals surface area (Å²) in [7, 11) is 3.79. The Labute approximate surface area is 155 Å². The number of aliphatic imine (C=N–C) groups is 1. The third kappa shape index (κ3) is 2.75. The molecule has 2 aromatic carbocycles. The Balaban J connectivity index is 1.72. The van der Waals surface area contributed by atoms with Crippen molar-refractivity contribution in [1.29, 1.82) is 0 Å². The molecule has 1 saturated heterocycles. The van der Waals surface area contributed by atoms with Crippen LogP contribution >= 0.6 is 23.5 Å². The predicted molar refractivity (Wildman–Crippen MR) is 106 cm³/mol. The molecule has 0 radical (unpaired) electrons. The molecule has 2 aliphatic rings. The van der Waals surface area contributed by atoms with E-state index in [1.165, 1.54) is 16.7 Å². The highest BCUT2D eigenvalue weighted by atomic mass is 32.2. The maximum atomic E-state index is 12.8. The summed E-state index contributed by atoms with van der Waals surface area (Å²) in [5.41, 5.74) is 3.12. The first-order valence-electron chi connectivity index (χ1n) is 7.91. The number of hydrogen-bond donors (Lipinski definition) is 0. The van der Waals surface area contributed by atoms with Gasteiger partial charge in [0, 0.05) is 19.0 Å². The second-order valence-corrected chi connectivity index (χ2v) is 7.92. The second kappa shape index (κ2) is 6.28. The van der Waals surface area contributed by atoms with Crippen molar-refractivity contribution in [3.63, 3.8) is 0 Å². The van der Waals surface area contributed by atoms with Gasteiger partial charge in [0.1, 0.15) is 4.91 Å². The van der Waals surface area contributed by atoms with Crippen molar-refractivity contribution >= 4 is 46.0 Å². The highest BCUT2D eigenvalue weighted by molar-refractivity contribution is 8.19. The van der Waals surface area contributed by atoms with E-state index in [1.807, 2.05) is 50.4 Å². The third-order valence-corrected chi connectivity index (χ3v) is 6.73. The molecule has 0 unspecified atom stereocenters. The summed E-state index contributed by atoms with van der Waals surface area (Å²) in [6.45, 7) is 2.03. The molecule has 0 bridgehead atoms. The number of aryl methyl sites for hydroxylation is 1. The first kappa shape index (κ1) is 16.3. The fraction of sp³-hybridized carbons (Fsp3) is 0.158. The van der Waals surface area contributed by atoms with E-state index >= 15 is 0 Å². The first-order valence-corrected chi connectivity index (χ1v) is 9.54. The van der Waals surface area contributed by atoms with Crippen LogP contribution in [0.25, 0.3) is 0 Å². The van der Waals surface area contributed by atoms with Crippen LogP contribution in [0.2, 0.25) is 0 Å². The zero-order valence-corrected chi connectivity index (χ0v) is 15.8. The fourth-order valence-corrected chi connectivity index (χ4v) is 5.09. The molecule has 1 amide bonds. The topological polar surface area (TPSA) is 35.9 Å². The zero-order valence-electron chi connectivity index (χ0n) is 14.2. The SMILES string of the molecule is Cc1ccccc1N=C1SC(=C2Sc3ccccc3N2C)C(=O)N1C. The van der Waals surface area contributed by atoms with E-state index in [0.717, 1.165) is 26.9 Å². The number of amides is 1. The van der Waals surface area contributed by atoms with Gasteiger partial charge in [-0.1, -0.05) is 42.1 Å². The van der Waals surface area contributed by atoms with Crippen LogP contribution in [0.15, 0.2) is 68.4 Å². The van der Waals surface area contributed by atoms with Gasteiger partial charge in [-0.25, -0.2) is 4.99 Å². The zero-order chi connectivity index (χ0) is 17.6. The average molecular weight is 367 g/mol. The van der Waals surface area contributed by atoms with Gasteiger partial charge in [-0.15, -0.1) is 0 Å². The lowest BCUT2D eigenvalue weighted by molar-refractivity contribution is -0.121. The summed E-state index contributed by atoms with van der Waals surface area (Å²) in [5, 5.41) is 1.68. The summed E-state index contributed by atoms with van der Waals surface area (Å²) in [6.07, 6.45) is 0. The van der Waals surface area contributed by atoms with Crippen molar-refractivity contribution in [1.82, 2.24) is 4.90 Å². The molecule has 1 fully saturated rings. The largest absolute Gasteiger partial charge is 0.337 e. The van der Waals surface area contributed by atoms with E-state index in [9.17, 15) is 4.79 Å². The fourth-order valence-electron chi connectivity index (χ4n) is 2.77. The Morgan fingerprint density at radius 3 is 2.40 bits per heavy atom. The maximum absolute atomic E-state index is 12.8. The molecule has 126 valence electrons. The summed E-state index contributed by atoms with van der Waals surface area (Å²) in [4.78, 5) is 23.1. The van der Waals surface area contributed by atoms with Crippen LogP contribution in [0, 0.1) is 6.92 Å². The van der Waals surface area contributed by atoms with E-state index in [-0.39, 0.29) is 5.91 Å². The normalized spacial score (nSPS) is 21.4. The van der Waals surface area contributed by atoms with Gasteiger partial charge in [0.05, 0.1) is 16.4 Å². The van der Waals surface area contributed by atoms with Crippen LogP contribution < -0.4 is 4.90 Å². The lowest BCUT2D eigenvalue weighted by Crippen LogP contribution is -2.24. The number of likely N-dealkylation sites (N-methyl/N-ethyl adjacent to an activating group) is 1. The average Bonchev–Trinajstić information content (AvgIpc) is 3.09. The summed E-state index contributed by atoms with van der Waals surface area (Å²) >= 11 is 3.09. The van der Waals surface area contributed by atoms with Gasteiger partial charge in [0.25, 0.3) is 5.91 Å². The molecule has 0 saturated carbocycles. The van der Waals surface area contributed by atoms with Gasteiger partial charge >= 0.3 is 0 Å². The molecule has 4 rings (SSSR count). The molecular weight excluding hydrogens is 350 g/mol. The number of hydrogen-bond acceptors (Lipinski definition) is 5. The van der Waals surface area contributed by atoms with Crippen molar-refractivity contribution < 1.29 is 4.79 Å². The molecule has 2 aromatic rings. The standard InChI is InChI=1S/C19H17N3OS2/c1-12-8-4-5-9-13(12)20-19-22(3)17(23)16(25-19)18-21(2)14-10-6-7-11-15(14)24-18/h4-11H,1-3H3. The minimum absolute atomic E-state index is 0.000472. The Bertz CT molecular complexity index is 936. The van der Waals surface area contributed by atoms with E-state index in [4.69, 9.17) is 4.99 Å². The third-order valence-electron chi connectivity index (χ3n) is 4.24. The molecule has 0 spiro atoms. The number of carbonyl (C=O) groups excluding carboxylic acids is 1. The minimum atomic E-state index is -0.000472. The van der Waals surface area contributed by atoms with Crippen molar-refractivity contribution in [2.45, 2.75) is 11.8 Å². The van der Waals surface area contributed by atoms with Crippen LogP contribution in [-0.4, -0.2) is 30.1 Å². The number of para-hydroxylation sites is 2. The Kier molecular flexibility index (Phi) is 4.09. The van der Waals surface area contributed by atoms with Crippen molar-refractivity contribution in [3.05, 3.63) is 64.0 Å². The van der Waals surface area contributed by atoms with Crippen LogP contribution in [0.5, 0.6) is 0 Å². The Hall–Kier alpha value is -2.18. The second-order valence-electron chi connectivity index (χ2n) is 5.91. The van der Waals surface area contributed by atoms with Gasteiger partial charge in [-0.3, -0.25) is 9.69 Å². The van der Waals surface area contributed by atoms with Crippen molar-refractivity contribution in [2.24, 2.45) is 4.99 Å². The van der Waals surface area contributed by atoms with Crippen LogP contribution in [0.3, 0.4) is 0 Å². The summed E-state index contributed by atoms with van der Waals surface area (Å²) in [6, 6.07) is 16.1. The number of nitrogens with zero attached hydrogens (tertiary/aromatic N) is 3. The molecule has 2 heterocycles. The quantitative estimate of drug-likeness (QED) is 0.690. The monoisotopic (exact) mass is 367 g/mol. The molecule has 4 nitrogen and oxygen atoms in total. The minimum Gasteiger partial charge on any atom is -0.337 e. The number of amidine groups is 1. The number of benzene rings is 2. The van der Waals surface area contributed by atoms with E-state index in [1.54, 1.807) is 23.7 Å². The predicted octanol–water partition coefficient (Wildman–Crippen LogP) is 4.60. The molecule has 0 atom stereocenters. The number of rotatable bonds is 1. The van der Waals surface area contributed by atoms with Crippen LogP contribution in [0.4, 0.5) is 11.4 Å². The van der Waals surface area contributed by atoms with Gasteiger partial charge in [0.15, 0.2) is 5.17 Å². The number of anilines is 1. The molecule has 25 heavy (non-hydrogen) atoms. The lowest BCUT2D eigenvalue weighted by atomic mass is 10.2. The number of carbonyl (C=O) groups is 1. The lowest BCUT2D eigenvalue weighted by Gasteiger charge is -2.14. The van der Waals surface area contributed by atoms with Gasteiger partial charge in [0.2, 0.25) is 0 Å². The Morgan fingerprint density at radius 1 is 0.920 bits per heavy atom. The van der Waals surface area contributed by atoms with E-state index in [0.29, 0.717) is 5.17 Å². The van der Waals surface area contributed by atoms with E-state index in [2.05, 4.69) is 17.0 Å². The highest BCUT2D eigenvalue weighted by Crippen LogP contribution is 2.49. The molecule has 0 aliphatic carbocycles. The van der Waals surface area contributed by atoms with Crippen molar-refractivity contribution in [2.75, 3.05) is 19.0 Å². The molecule has 6 heteroatoms. The van der Waals surface area contributed by atoms with Crippen molar-refractivity contribution in [3.8, 4) is 0 Å². The Morgan fingerprint density at radius 2 is 1.64 bits per heavy atom. The highest BCUT2D eigenvalue weighted by Gasteiger charge is 2.37. The van der Waals surface area contributed by atoms with Crippen LogP contribution in [-0.2, 0) is 4.79 Å². The van der Waals surface area contributed by atoms with Crippen LogP contribution in [0.1, 0.15) is 5.56 Å². The summed E-state index contributed by atoms with van der Waals surface area (Å²) in [5.74, 6) is -0.000472. The molecule has 0 N–H and O–H groups in total. The van der Waals surface area contributed by atoms with Gasteiger partial charge < -0.3 is 4.90 Å². The molecule has 2 aliphatic heterocycles. The number of thioether (sulfide) groups is 2. The molecular formula is C19H17N3OS2.